The van der Waals surface area contributed by atoms with E-state index in [1.807, 2.05) is 0 Å². The third kappa shape index (κ3) is 4.40. The summed E-state index contributed by atoms with van der Waals surface area (Å²) in [4.78, 5) is 35.2. The molecule has 0 saturated carbocycles. The number of aliphatic hydroxyl groups excluding tert-OH is 1. The summed E-state index contributed by atoms with van der Waals surface area (Å²) in [7, 11) is 1.15. The molecule has 108 valence electrons. The molecule has 0 radical (unpaired) electrons. The van der Waals surface area contributed by atoms with Gasteiger partial charge in [-0.05, 0) is 12.8 Å². The van der Waals surface area contributed by atoms with Crippen LogP contribution in [0.4, 0.5) is 4.79 Å². The van der Waals surface area contributed by atoms with Gasteiger partial charge < -0.3 is 25.8 Å². The van der Waals surface area contributed by atoms with E-state index in [9.17, 15) is 19.5 Å². The maximum absolute atomic E-state index is 11.8. The highest BCUT2D eigenvalue weighted by Crippen LogP contribution is 2.16. The van der Waals surface area contributed by atoms with E-state index in [-0.39, 0.29) is 24.9 Å². The van der Waals surface area contributed by atoms with Gasteiger partial charge in [0.1, 0.15) is 0 Å². The topological polar surface area (TPSA) is 122 Å². The summed E-state index contributed by atoms with van der Waals surface area (Å²) in [5.41, 5.74) is 5.16. The molecule has 1 aliphatic rings. The molecule has 1 aliphatic heterocycles. The zero-order valence-electron chi connectivity index (χ0n) is 10.8. The summed E-state index contributed by atoms with van der Waals surface area (Å²) in [6, 6.07) is -0.549. The fraction of sp³-hybridized carbons (Fsp3) is 0.727. The van der Waals surface area contributed by atoms with Crippen molar-refractivity contribution in [1.29, 1.82) is 0 Å². The van der Waals surface area contributed by atoms with Gasteiger partial charge >= 0.3 is 12.0 Å². The molecule has 1 heterocycles. The number of rotatable bonds is 4. The highest BCUT2D eigenvalue weighted by Gasteiger charge is 2.28. The van der Waals surface area contributed by atoms with Gasteiger partial charge in [0.15, 0.2) is 6.10 Å². The number of urea groups is 1. The number of amides is 3. The lowest BCUT2D eigenvalue weighted by Gasteiger charge is -2.30. The van der Waals surface area contributed by atoms with Gasteiger partial charge in [-0.2, -0.15) is 0 Å². The van der Waals surface area contributed by atoms with Gasteiger partial charge in [0.05, 0.1) is 19.6 Å². The standard InChI is InChI=1S/C11H19N3O5/c1-19-10(17)8(15)5-13-9(16)7-3-2-4-14(6-7)11(12)18/h7-8,15H,2-6H2,1H3,(H2,12,18)(H,13,16). The molecule has 0 aromatic heterocycles. The molecule has 8 nitrogen and oxygen atoms in total. The quantitative estimate of drug-likeness (QED) is 0.534. The number of primary amides is 1. The van der Waals surface area contributed by atoms with Gasteiger partial charge in [-0.3, -0.25) is 4.79 Å². The lowest BCUT2D eigenvalue weighted by atomic mass is 9.97. The highest BCUT2D eigenvalue weighted by atomic mass is 16.5. The number of ether oxygens (including phenoxy) is 1. The summed E-state index contributed by atoms with van der Waals surface area (Å²) in [5, 5.41) is 11.8. The number of carbonyl (C=O) groups excluding carboxylic acids is 3. The summed E-state index contributed by atoms with van der Waals surface area (Å²) >= 11 is 0. The Kier molecular flexibility index (Phi) is 5.56. The molecule has 2 unspecified atom stereocenters. The van der Waals surface area contributed by atoms with Crippen LogP contribution < -0.4 is 11.1 Å². The summed E-state index contributed by atoms with van der Waals surface area (Å²) in [5.74, 6) is -1.48. The maximum Gasteiger partial charge on any atom is 0.336 e. The molecule has 1 saturated heterocycles. The first kappa shape index (κ1) is 15.2. The van der Waals surface area contributed by atoms with E-state index in [1.54, 1.807) is 0 Å². The van der Waals surface area contributed by atoms with Gasteiger partial charge in [-0.25, -0.2) is 9.59 Å². The van der Waals surface area contributed by atoms with E-state index in [0.717, 1.165) is 7.11 Å². The first-order valence-corrected chi connectivity index (χ1v) is 6.03. The smallest absolute Gasteiger partial charge is 0.336 e. The number of hydrogen-bond acceptors (Lipinski definition) is 5. The number of hydrogen-bond donors (Lipinski definition) is 3. The van der Waals surface area contributed by atoms with Crippen LogP contribution in [0.1, 0.15) is 12.8 Å². The van der Waals surface area contributed by atoms with E-state index in [1.165, 1.54) is 4.90 Å². The van der Waals surface area contributed by atoms with Gasteiger partial charge in [0.2, 0.25) is 5.91 Å². The van der Waals surface area contributed by atoms with Crippen molar-refractivity contribution in [2.75, 3.05) is 26.7 Å². The number of nitrogens with one attached hydrogen (secondary N) is 1. The highest BCUT2D eigenvalue weighted by molar-refractivity contribution is 5.81. The second kappa shape index (κ2) is 6.93. The molecule has 0 aromatic carbocycles. The number of nitrogens with two attached hydrogens (primary N) is 1. The van der Waals surface area contributed by atoms with Crippen LogP contribution >= 0.6 is 0 Å². The number of carbonyl (C=O) groups is 3. The summed E-state index contributed by atoms with van der Waals surface area (Å²) < 4.78 is 4.33. The molecular weight excluding hydrogens is 254 g/mol. The third-order valence-electron chi connectivity index (χ3n) is 3.05. The maximum atomic E-state index is 11.8. The van der Waals surface area contributed by atoms with Crippen LogP contribution in [0.5, 0.6) is 0 Å². The average molecular weight is 273 g/mol. The zero-order valence-corrected chi connectivity index (χ0v) is 10.8. The van der Waals surface area contributed by atoms with Crippen LogP contribution in [0.2, 0.25) is 0 Å². The Morgan fingerprint density at radius 2 is 2.21 bits per heavy atom. The SMILES string of the molecule is COC(=O)C(O)CNC(=O)C1CCCN(C(N)=O)C1. The van der Waals surface area contributed by atoms with Crippen LogP contribution in [0.3, 0.4) is 0 Å². The minimum atomic E-state index is -1.38. The molecule has 1 fully saturated rings. The van der Waals surface area contributed by atoms with Gasteiger partial charge in [-0.15, -0.1) is 0 Å². The summed E-state index contributed by atoms with van der Waals surface area (Å²) in [6.45, 7) is 0.595. The first-order chi connectivity index (χ1) is 8.95. The van der Waals surface area contributed by atoms with Crippen LogP contribution in [-0.4, -0.2) is 60.8 Å². The molecule has 0 spiro atoms. The Balaban J connectivity index is 2.41. The minimum absolute atomic E-state index is 0.210. The number of nitrogens with zero attached hydrogens (tertiary/aromatic N) is 1. The van der Waals surface area contributed by atoms with E-state index < -0.39 is 18.1 Å². The van der Waals surface area contributed by atoms with Gasteiger partial charge in [0.25, 0.3) is 0 Å². The third-order valence-corrected chi connectivity index (χ3v) is 3.05. The van der Waals surface area contributed by atoms with Crippen molar-refractivity contribution in [2.24, 2.45) is 11.7 Å². The first-order valence-electron chi connectivity index (χ1n) is 6.03. The molecular formula is C11H19N3O5. The molecule has 0 aliphatic carbocycles. The number of esters is 1. The molecule has 8 heteroatoms. The molecule has 1 rings (SSSR count). The zero-order chi connectivity index (χ0) is 14.4. The van der Waals surface area contributed by atoms with Crippen molar-refractivity contribution < 1.29 is 24.2 Å². The Morgan fingerprint density at radius 1 is 1.53 bits per heavy atom. The van der Waals surface area contributed by atoms with Crippen molar-refractivity contribution in [3.05, 3.63) is 0 Å². The van der Waals surface area contributed by atoms with Crippen molar-refractivity contribution >= 4 is 17.9 Å². The molecule has 0 aromatic rings. The van der Waals surface area contributed by atoms with Crippen LogP contribution in [-0.2, 0) is 14.3 Å². The minimum Gasteiger partial charge on any atom is -0.467 e. The second-order valence-corrected chi connectivity index (χ2v) is 4.41. The number of aliphatic hydroxyl groups is 1. The summed E-state index contributed by atoms with van der Waals surface area (Å²) in [6.07, 6.45) is -0.0466. The molecule has 3 amide bonds. The monoisotopic (exact) mass is 273 g/mol. The Bertz CT molecular complexity index is 360. The molecule has 4 N–H and O–H groups in total. The number of likely N-dealkylation sites (tertiary alicyclic amines) is 1. The lowest BCUT2D eigenvalue weighted by molar-refractivity contribution is -0.150. The van der Waals surface area contributed by atoms with E-state index in [4.69, 9.17) is 5.73 Å². The van der Waals surface area contributed by atoms with E-state index in [0.29, 0.717) is 19.4 Å². The number of piperidine rings is 1. The van der Waals surface area contributed by atoms with Crippen LogP contribution in [0, 0.1) is 5.92 Å². The molecule has 19 heavy (non-hydrogen) atoms. The normalized spacial score (nSPS) is 20.5. The van der Waals surface area contributed by atoms with Crippen molar-refractivity contribution in [3.63, 3.8) is 0 Å². The predicted octanol–water partition coefficient (Wildman–Crippen LogP) is -1.57. The Hall–Kier alpha value is -1.83. The fourth-order valence-corrected chi connectivity index (χ4v) is 1.95. The van der Waals surface area contributed by atoms with E-state index >= 15 is 0 Å². The van der Waals surface area contributed by atoms with Crippen molar-refractivity contribution in [3.8, 4) is 0 Å². The van der Waals surface area contributed by atoms with Crippen molar-refractivity contribution in [2.45, 2.75) is 18.9 Å². The van der Waals surface area contributed by atoms with Gasteiger partial charge in [-0.1, -0.05) is 0 Å². The van der Waals surface area contributed by atoms with E-state index in [2.05, 4.69) is 10.1 Å². The Labute approximate surface area is 110 Å². The number of methoxy groups -OCH3 is 1. The Morgan fingerprint density at radius 3 is 2.79 bits per heavy atom. The molecule has 2 atom stereocenters. The molecule has 0 bridgehead atoms. The van der Waals surface area contributed by atoms with Crippen molar-refractivity contribution in [1.82, 2.24) is 10.2 Å². The second-order valence-electron chi connectivity index (χ2n) is 4.41. The van der Waals surface area contributed by atoms with Crippen LogP contribution in [0.25, 0.3) is 0 Å². The van der Waals surface area contributed by atoms with Gasteiger partial charge in [0, 0.05) is 13.1 Å². The lowest BCUT2D eigenvalue weighted by Crippen LogP contribution is -2.48. The fourth-order valence-electron chi connectivity index (χ4n) is 1.95. The predicted molar refractivity (Wildman–Crippen MR) is 64.9 cm³/mol. The average Bonchev–Trinajstić information content (AvgIpc) is 2.43. The largest absolute Gasteiger partial charge is 0.467 e. The van der Waals surface area contributed by atoms with Crippen LogP contribution in [0.15, 0.2) is 0 Å².